The van der Waals surface area contributed by atoms with Crippen LogP contribution < -0.4 is 0 Å². The van der Waals surface area contributed by atoms with E-state index in [1.54, 1.807) is 4.52 Å². The summed E-state index contributed by atoms with van der Waals surface area (Å²) >= 11 is 0. The highest BCUT2D eigenvalue weighted by Gasteiger charge is 2.30. The van der Waals surface area contributed by atoms with E-state index in [-0.39, 0.29) is 11.8 Å². The Morgan fingerprint density at radius 2 is 1.80 bits per heavy atom. The van der Waals surface area contributed by atoms with Crippen LogP contribution in [0.5, 0.6) is 0 Å². The Morgan fingerprint density at radius 1 is 1.03 bits per heavy atom. The number of benzene rings is 2. The van der Waals surface area contributed by atoms with Crippen molar-refractivity contribution in [1.29, 1.82) is 0 Å². The van der Waals surface area contributed by atoms with Gasteiger partial charge in [-0.2, -0.15) is 4.52 Å². The number of tetrazole rings is 1. The number of fused-ring (bicyclic) bond motifs is 3. The van der Waals surface area contributed by atoms with Crippen molar-refractivity contribution in [2.75, 3.05) is 0 Å². The van der Waals surface area contributed by atoms with Crippen LogP contribution in [0.1, 0.15) is 41.5 Å². The van der Waals surface area contributed by atoms with E-state index >= 15 is 0 Å². The first-order valence-corrected chi connectivity index (χ1v) is 10.5. The van der Waals surface area contributed by atoms with Gasteiger partial charge in [-0.1, -0.05) is 48.4 Å². The third kappa shape index (κ3) is 3.43. The third-order valence-electron chi connectivity index (χ3n) is 6.12. The third-order valence-corrected chi connectivity index (χ3v) is 6.12. The number of carbonyl (C=O) groups is 1. The Labute approximate surface area is 175 Å². The molecule has 6 nitrogen and oxygen atoms in total. The van der Waals surface area contributed by atoms with Gasteiger partial charge in [0.1, 0.15) is 0 Å². The molecule has 6 heteroatoms. The fraction of sp³-hybridized carbons (Fsp3) is 0.333. The molecular weight excluding hydrogens is 374 g/mol. The second-order valence-electron chi connectivity index (χ2n) is 8.45. The molecular formula is C24H25N5O. The Bertz CT molecular complexity index is 1220. The molecule has 0 atom stereocenters. The van der Waals surface area contributed by atoms with E-state index in [4.69, 9.17) is 0 Å². The lowest BCUT2D eigenvalue weighted by Crippen LogP contribution is -2.38. The number of carbonyl (C=O) groups excluding carboxylic acids is 1. The minimum absolute atomic E-state index is 0.144. The van der Waals surface area contributed by atoms with Crippen LogP contribution in [0.2, 0.25) is 0 Å². The molecule has 2 aromatic carbocycles. The van der Waals surface area contributed by atoms with Crippen LogP contribution in [0.25, 0.3) is 16.6 Å². The summed E-state index contributed by atoms with van der Waals surface area (Å²) in [5, 5.41) is 13.5. The predicted molar refractivity (Wildman–Crippen MR) is 116 cm³/mol. The molecule has 0 saturated heterocycles. The zero-order valence-corrected chi connectivity index (χ0v) is 17.4. The zero-order chi connectivity index (χ0) is 20.7. The van der Waals surface area contributed by atoms with Crippen molar-refractivity contribution in [3.63, 3.8) is 0 Å². The predicted octanol–water partition coefficient (Wildman–Crippen LogP) is 4.22. The fourth-order valence-corrected chi connectivity index (χ4v) is 4.12. The smallest absolute Gasteiger partial charge is 0.226 e. The van der Waals surface area contributed by atoms with Crippen LogP contribution in [-0.2, 0) is 17.9 Å². The Morgan fingerprint density at radius 3 is 2.53 bits per heavy atom. The van der Waals surface area contributed by atoms with Crippen LogP contribution in [0.15, 0.2) is 48.5 Å². The average molecular weight is 399 g/mol. The van der Waals surface area contributed by atoms with Gasteiger partial charge in [-0.05, 0) is 60.4 Å². The Balaban J connectivity index is 1.53. The monoisotopic (exact) mass is 399 g/mol. The van der Waals surface area contributed by atoms with Crippen LogP contribution in [0.3, 0.4) is 0 Å². The van der Waals surface area contributed by atoms with Gasteiger partial charge in [0.05, 0.1) is 5.52 Å². The number of aromatic nitrogens is 4. The molecule has 1 fully saturated rings. The van der Waals surface area contributed by atoms with Crippen molar-refractivity contribution < 1.29 is 4.79 Å². The van der Waals surface area contributed by atoms with Gasteiger partial charge in [-0.25, -0.2) is 0 Å². The van der Waals surface area contributed by atoms with Gasteiger partial charge in [0.15, 0.2) is 5.65 Å². The summed E-state index contributed by atoms with van der Waals surface area (Å²) < 4.78 is 1.79. The van der Waals surface area contributed by atoms with Gasteiger partial charge < -0.3 is 4.90 Å². The van der Waals surface area contributed by atoms with Gasteiger partial charge in [0.25, 0.3) is 0 Å². The van der Waals surface area contributed by atoms with Crippen molar-refractivity contribution in [3.8, 4) is 0 Å². The first-order valence-electron chi connectivity index (χ1n) is 10.5. The summed E-state index contributed by atoms with van der Waals surface area (Å²) in [5.74, 6) is 0.377. The van der Waals surface area contributed by atoms with Crippen LogP contribution in [-0.4, -0.2) is 30.8 Å². The molecule has 2 heterocycles. The van der Waals surface area contributed by atoms with E-state index in [9.17, 15) is 4.79 Å². The molecule has 0 spiro atoms. The van der Waals surface area contributed by atoms with E-state index in [0.29, 0.717) is 18.7 Å². The molecule has 0 N–H and O–H groups in total. The van der Waals surface area contributed by atoms with E-state index in [2.05, 4.69) is 77.9 Å². The number of hydrogen-bond donors (Lipinski definition) is 0. The van der Waals surface area contributed by atoms with E-state index in [0.717, 1.165) is 46.9 Å². The standard InChI is InChI=1S/C24H25N5O/c1-16-6-9-18(10-7-16)14-28(24(30)19-4-3-5-19)15-21-13-20-11-8-17(2)12-22(20)29-23(21)25-26-27-29/h6-13,19H,3-5,14-15H2,1-2H3. The number of amides is 1. The Hall–Kier alpha value is -3.28. The first kappa shape index (κ1) is 18.7. The van der Waals surface area contributed by atoms with Gasteiger partial charge >= 0.3 is 0 Å². The maximum Gasteiger partial charge on any atom is 0.226 e. The highest BCUT2D eigenvalue weighted by atomic mass is 16.2. The normalized spacial score (nSPS) is 14.2. The van der Waals surface area contributed by atoms with Crippen LogP contribution in [0.4, 0.5) is 0 Å². The van der Waals surface area contributed by atoms with Gasteiger partial charge in [0.2, 0.25) is 5.91 Å². The number of aryl methyl sites for hydroxylation is 2. The summed E-state index contributed by atoms with van der Waals surface area (Å²) in [5.41, 5.74) is 6.18. The molecule has 2 aromatic heterocycles. The average Bonchev–Trinajstić information content (AvgIpc) is 3.19. The fourth-order valence-electron chi connectivity index (χ4n) is 4.12. The topological polar surface area (TPSA) is 63.4 Å². The molecule has 4 aromatic rings. The number of nitrogens with zero attached hydrogens (tertiary/aromatic N) is 5. The highest BCUT2D eigenvalue weighted by molar-refractivity contribution is 5.84. The highest BCUT2D eigenvalue weighted by Crippen LogP contribution is 2.30. The summed E-state index contributed by atoms with van der Waals surface area (Å²) in [6.07, 6.45) is 3.12. The summed E-state index contributed by atoms with van der Waals surface area (Å²) in [7, 11) is 0. The number of hydrogen-bond acceptors (Lipinski definition) is 4. The first-order chi connectivity index (χ1) is 14.6. The molecule has 1 aliphatic rings. The van der Waals surface area contributed by atoms with E-state index in [1.807, 2.05) is 4.90 Å². The van der Waals surface area contributed by atoms with Gasteiger partial charge in [-0.15, -0.1) is 5.10 Å². The minimum Gasteiger partial charge on any atom is -0.334 e. The maximum absolute atomic E-state index is 13.3. The van der Waals surface area contributed by atoms with Crippen LogP contribution >= 0.6 is 0 Å². The second-order valence-corrected chi connectivity index (χ2v) is 8.45. The molecule has 0 unspecified atom stereocenters. The SMILES string of the molecule is Cc1ccc(CN(Cc2cc3ccc(C)cc3n3nnnc23)C(=O)C2CCC2)cc1. The quantitative estimate of drug-likeness (QED) is 0.504. The van der Waals surface area contributed by atoms with Gasteiger partial charge in [0, 0.05) is 30.0 Å². The van der Waals surface area contributed by atoms with Crippen molar-refractivity contribution in [1.82, 2.24) is 24.9 Å². The molecule has 1 saturated carbocycles. The molecule has 0 bridgehead atoms. The lowest BCUT2D eigenvalue weighted by molar-refractivity contribution is -0.139. The number of rotatable bonds is 5. The molecule has 0 radical (unpaired) electrons. The molecule has 1 aliphatic carbocycles. The summed E-state index contributed by atoms with van der Waals surface area (Å²) in [6.45, 7) is 5.23. The molecule has 152 valence electrons. The Kier molecular flexibility index (Phi) is 4.69. The van der Waals surface area contributed by atoms with Crippen molar-refractivity contribution in [2.45, 2.75) is 46.2 Å². The lowest BCUT2D eigenvalue weighted by atomic mass is 9.84. The molecule has 30 heavy (non-hydrogen) atoms. The van der Waals surface area contributed by atoms with Crippen LogP contribution in [0, 0.1) is 19.8 Å². The van der Waals surface area contributed by atoms with Crippen molar-refractivity contribution in [2.24, 2.45) is 5.92 Å². The maximum atomic E-state index is 13.3. The van der Waals surface area contributed by atoms with Crippen molar-refractivity contribution >= 4 is 22.5 Å². The molecule has 0 aliphatic heterocycles. The second kappa shape index (κ2) is 7.52. The lowest BCUT2D eigenvalue weighted by Gasteiger charge is -2.32. The van der Waals surface area contributed by atoms with Crippen molar-refractivity contribution in [3.05, 3.63) is 70.8 Å². The van der Waals surface area contributed by atoms with E-state index in [1.165, 1.54) is 5.56 Å². The minimum atomic E-state index is 0.144. The molecule has 1 amide bonds. The van der Waals surface area contributed by atoms with Gasteiger partial charge in [-0.3, -0.25) is 4.79 Å². The van der Waals surface area contributed by atoms with E-state index < -0.39 is 0 Å². The zero-order valence-electron chi connectivity index (χ0n) is 17.4. The summed E-state index contributed by atoms with van der Waals surface area (Å²) in [4.78, 5) is 15.2. The largest absolute Gasteiger partial charge is 0.334 e. The molecule has 5 rings (SSSR count). The summed E-state index contributed by atoms with van der Waals surface area (Å²) in [6, 6.07) is 16.8. The number of pyridine rings is 1.